The summed E-state index contributed by atoms with van der Waals surface area (Å²) in [5.41, 5.74) is 2.90. The lowest BCUT2D eigenvalue weighted by Gasteiger charge is -2.06. The first-order chi connectivity index (χ1) is 13.8. The first-order valence-corrected chi connectivity index (χ1v) is 9.03. The Balaban J connectivity index is 1.66. The second-order valence-corrected chi connectivity index (χ2v) is 6.27. The van der Waals surface area contributed by atoms with Gasteiger partial charge >= 0.3 is 0 Å². The Labute approximate surface area is 163 Å². The molecule has 0 spiro atoms. The molecule has 140 valence electrons. The number of benzene rings is 1. The number of pyridine rings is 1. The van der Waals surface area contributed by atoms with E-state index in [0.717, 1.165) is 28.3 Å². The normalized spacial score (nSPS) is 10.9. The Morgan fingerprint density at radius 1 is 0.929 bits per heavy atom. The van der Waals surface area contributed by atoms with Crippen LogP contribution in [0.4, 0.5) is 0 Å². The van der Waals surface area contributed by atoms with Crippen molar-refractivity contribution >= 4 is 0 Å². The lowest BCUT2D eigenvalue weighted by atomic mass is 10.2. The minimum atomic E-state index is 0.576. The van der Waals surface area contributed by atoms with Crippen molar-refractivity contribution < 1.29 is 4.74 Å². The fourth-order valence-electron chi connectivity index (χ4n) is 2.86. The molecule has 0 radical (unpaired) electrons. The third kappa shape index (κ3) is 4.10. The van der Waals surface area contributed by atoms with Gasteiger partial charge < -0.3 is 4.74 Å². The van der Waals surface area contributed by atoms with Gasteiger partial charge in [-0.15, -0.1) is 0 Å². The molecule has 0 amide bonds. The van der Waals surface area contributed by atoms with E-state index in [-0.39, 0.29) is 0 Å². The lowest BCUT2D eigenvalue weighted by molar-refractivity contribution is 0.200. The van der Waals surface area contributed by atoms with E-state index in [0.29, 0.717) is 25.4 Å². The van der Waals surface area contributed by atoms with Gasteiger partial charge in [0.15, 0.2) is 17.5 Å². The number of methoxy groups -OCH3 is 1. The van der Waals surface area contributed by atoms with Crippen LogP contribution < -0.4 is 0 Å². The fraction of sp³-hybridized carbons (Fsp3) is 0.190. The molecule has 3 aromatic heterocycles. The molecule has 0 aliphatic rings. The predicted molar refractivity (Wildman–Crippen MR) is 105 cm³/mol. The molecular formula is C21H20N6O. The Bertz CT molecular complexity index is 1020. The van der Waals surface area contributed by atoms with Crippen molar-refractivity contribution in [2.24, 2.45) is 0 Å². The van der Waals surface area contributed by atoms with Gasteiger partial charge in [-0.25, -0.2) is 19.6 Å². The van der Waals surface area contributed by atoms with Crippen LogP contribution in [0.5, 0.6) is 0 Å². The molecule has 7 heteroatoms. The Hall–Kier alpha value is -3.45. The first kappa shape index (κ1) is 17.9. The maximum atomic E-state index is 5.16. The number of hydrogen-bond acceptors (Lipinski definition) is 6. The van der Waals surface area contributed by atoms with E-state index >= 15 is 0 Å². The van der Waals surface area contributed by atoms with Crippen LogP contribution in [0.2, 0.25) is 0 Å². The van der Waals surface area contributed by atoms with E-state index < -0.39 is 0 Å². The highest BCUT2D eigenvalue weighted by molar-refractivity contribution is 5.58. The summed E-state index contributed by atoms with van der Waals surface area (Å²) < 4.78 is 7.06. The molecule has 0 atom stereocenters. The largest absolute Gasteiger partial charge is 0.384 e. The molecule has 0 aliphatic heterocycles. The molecule has 0 aliphatic carbocycles. The van der Waals surface area contributed by atoms with Gasteiger partial charge in [0.05, 0.1) is 18.7 Å². The van der Waals surface area contributed by atoms with E-state index in [1.54, 1.807) is 31.9 Å². The van der Waals surface area contributed by atoms with E-state index in [1.165, 1.54) is 0 Å². The van der Waals surface area contributed by atoms with Crippen molar-refractivity contribution in [3.63, 3.8) is 0 Å². The molecule has 4 aromatic rings. The van der Waals surface area contributed by atoms with Gasteiger partial charge in [-0.2, -0.15) is 5.10 Å². The lowest BCUT2D eigenvalue weighted by Crippen LogP contribution is -2.05. The minimum absolute atomic E-state index is 0.576. The molecule has 0 N–H and O–H groups in total. The predicted octanol–water partition coefficient (Wildman–Crippen LogP) is 3.03. The standard InChI is InChI=1S/C21H20N6O/c1-28-12-9-19-25-21(27(26-19)15-16-5-3-2-4-6-16)18-13-23-20(24-14-18)17-7-10-22-11-8-17/h2-8,10-11,13-14H,9,12,15H2,1H3. The van der Waals surface area contributed by atoms with Gasteiger partial charge in [-0.3, -0.25) is 4.98 Å². The van der Waals surface area contributed by atoms with Crippen LogP contribution >= 0.6 is 0 Å². The summed E-state index contributed by atoms with van der Waals surface area (Å²) in [6.07, 6.45) is 7.68. The zero-order valence-corrected chi connectivity index (χ0v) is 15.6. The smallest absolute Gasteiger partial charge is 0.161 e. The van der Waals surface area contributed by atoms with Crippen molar-refractivity contribution in [3.05, 3.63) is 78.6 Å². The highest BCUT2D eigenvalue weighted by Gasteiger charge is 2.14. The molecule has 0 saturated heterocycles. The first-order valence-electron chi connectivity index (χ1n) is 9.03. The molecule has 7 nitrogen and oxygen atoms in total. The fourth-order valence-corrected chi connectivity index (χ4v) is 2.86. The van der Waals surface area contributed by atoms with Crippen LogP contribution in [0.25, 0.3) is 22.8 Å². The molecule has 3 heterocycles. The second kappa shape index (κ2) is 8.49. The molecule has 0 unspecified atom stereocenters. The van der Waals surface area contributed by atoms with Crippen LogP contribution in [0.15, 0.2) is 67.3 Å². The number of aromatic nitrogens is 6. The molecule has 0 bridgehead atoms. The molecule has 1 aromatic carbocycles. The summed E-state index contributed by atoms with van der Waals surface area (Å²) >= 11 is 0. The summed E-state index contributed by atoms with van der Waals surface area (Å²) in [6.45, 7) is 1.20. The Morgan fingerprint density at radius 3 is 2.39 bits per heavy atom. The number of nitrogens with zero attached hydrogens (tertiary/aromatic N) is 6. The Morgan fingerprint density at radius 2 is 1.68 bits per heavy atom. The van der Waals surface area contributed by atoms with Crippen LogP contribution in [0.3, 0.4) is 0 Å². The van der Waals surface area contributed by atoms with Gasteiger partial charge in [0.25, 0.3) is 0 Å². The average Bonchev–Trinajstić information content (AvgIpc) is 3.16. The Kier molecular flexibility index (Phi) is 5.44. The topological polar surface area (TPSA) is 78.6 Å². The zero-order chi connectivity index (χ0) is 19.2. The highest BCUT2D eigenvalue weighted by Crippen LogP contribution is 2.20. The van der Waals surface area contributed by atoms with Crippen LogP contribution in [0, 0.1) is 0 Å². The summed E-state index contributed by atoms with van der Waals surface area (Å²) in [5.74, 6) is 2.14. The van der Waals surface area contributed by atoms with E-state index in [1.807, 2.05) is 35.0 Å². The highest BCUT2D eigenvalue weighted by atomic mass is 16.5. The number of ether oxygens (including phenoxy) is 1. The SMILES string of the molecule is COCCc1nc(-c2cnc(-c3ccncc3)nc2)n(Cc2ccccc2)n1. The molecular weight excluding hydrogens is 352 g/mol. The molecule has 4 rings (SSSR count). The summed E-state index contributed by atoms with van der Waals surface area (Å²) in [6, 6.07) is 14.0. The van der Waals surface area contributed by atoms with Crippen molar-refractivity contribution in [3.8, 4) is 22.8 Å². The third-order valence-electron chi connectivity index (χ3n) is 4.27. The van der Waals surface area contributed by atoms with Crippen molar-refractivity contribution in [2.45, 2.75) is 13.0 Å². The van der Waals surface area contributed by atoms with Gasteiger partial charge in [0, 0.05) is 43.9 Å². The number of hydrogen-bond donors (Lipinski definition) is 0. The third-order valence-corrected chi connectivity index (χ3v) is 4.27. The second-order valence-electron chi connectivity index (χ2n) is 6.27. The molecule has 0 saturated carbocycles. The van der Waals surface area contributed by atoms with Crippen molar-refractivity contribution in [1.29, 1.82) is 0 Å². The zero-order valence-electron chi connectivity index (χ0n) is 15.6. The number of rotatable bonds is 7. The van der Waals surface area contributed by atoms with Gasteiger partial charge in [-0.1, -0.05) is 30.3 Å². The maximum absolute atomic E-state index is 5.16. The maximum Gasteiger partial charge on any atom is 0.161 e. The summed E-state index contributed by atoms with van der Waals surface area (Å²) in [5, 5.41) is 4.66. The van der Waals surface area contributed by atoms with E-state index in [9.17, 15) is 0 Å². The van der Waals surface area contributed by atoms with Crippen LogP contribution in [-0.4, -0.2) is 43.4 Å². The molecule has 28 heavy (non-hydrogen) atoms. The summed E-state index contributed by atoms with van der Waals surface area (Å²) in [4.78, 5) is 17.7. The van der Waals surface area contributed by atoms with Gasteiger partial charge in [0.2, 0.25) is 0 Å². The molecule has 0 fully saturated rings. The quantitative estimate of drug-likeness (QED) is 0.496. The van der Waals surface area contributed by atoms with Crippen LogP contribution in [0.1, 0.15) is 11.4 Å². The minimum Gasteiger partial charge on any atom is -0.384 e. The average molecular weight is 372 g/mol. The van der Waals surface area contributed by atoms with Gasteiger partial charge in [0.1, 0.15) is 0 Å². The van der Waals surface area contributed by atoms with Crippen LogP contribution in [-0.2, 0) is 17.7 Å². The monoisotopic (exact) mass is 372 g/mol. The van der Waals surface area contributed by atoms with Gasteiger partial charge in [-0.05, 0) is 17.7 Å². The van der Waals surface area contributed by atoms with Crippen molar-refractivity contribution in [1.82, 2.24) is 29.7 Å². The van der Waals surface area contributed by atoms with E-state index in [4.69, 9.17) is 9.72 Å². The van der Waals surface area contributed by atoms with E-state index in [2.05, 4.69) is 32.2 Å². The summed E-state index contributed by atoms with van der Waals surface area (Å²) in [7, 11) is 1.67. The van der Waals surface area contributed by atoms with Crippen molar-refractivity contribution in [2.75, 3.05) is 13.7 Å².